The number of rotatable bonds is 3. The summed E-state index contributed by atoms with van der Waals surface area (Å²) in [7, 11) is 1.90. The summed E-state index contributed by atoms with van der Waals surface area (Å²) in [5.74, 6) is -0.960. The normalized spacial score (nSPS) is 11.2. The predicted octanol–water partition coefficient (Wildman–Crippen LogP) is 1.53. The van der Waals surface area contributed by atoms with Crippen molar-refractivity contribution < 1.29 is 9.90 Å². The summed E-state index contributed by atoms with van der Waals surface area (Å²) in [6.45, 7) is 4.46. The molecule has 2 heterocycles. The van der Waals surface area contributed by atoms with Crippen LogP contribution in [-0.2, 0) is 13.6 Å². The van der Waals surface area contributed by atoms with E-state index < -0.39 is 5.97 Å². The van der Waals surface area contributed by atoms with Gasteiger partial charge in [-0.2, -0.15) is 5.10 Å². The van der Waals surface area contributed by atoms with Crippen LogP contribution in [0.2, 0.25) is 0 Å². The highest BCUT2D eigenvalue weighted by atomic mass is 16.4. The molecule has 1 aromatic carbocycles. The highest BCUT2D eigenvalue weighted by Gasteiger charge is 2.14. The van der Waals surface area contributed by atoms with Crippen LogP contribution in [-0.4, -0.2) is 35.9 Å². The second-order valence-corrected chi connectivity index (χ2v) is 5.03. The molecule has 2 aromatic heterocycles. The van der Waals surface area contributed by atoms with E-state index in [0.29, 0.717) is 17.6 Å². The van der Waals surface area contributed by atoms with Crippen LogP contribution in [0.5, 0.6) is 0 Å². The fourth-order valence-corrected chi connectivity index (χ4v) is 2.41. The monoisotopic (exact) mass is 285 g/mol. The molecular formula is C14H15N5O2. The Hall–Kier alpha value is -2.70. The summed E-state index contributed by atoms with van der Waals surface area (Å²) in [5.41, 5.74) is 4.69. The van der Waals surface area contributed by atoms with Crippen LogP contribution in [0.1, 0.15) is 27.3 Å². The number of benzene rings is 1. The summed E-state index contributed by atoms with van der Waals surface area (Å²) in [5, 5.41) is 21.7. The van der Waals surface area contributed by atoms with Crippen molar-refractivity contribution >= 4 is 17.0 Å². The fraction of sp³-hybridized carbons (Fsp3) is 0.286. The van der Waals surface area contributed by atoms with Gasteiger partial charge in [0.05, 0.1) is 23.3 Å². The minimum absolute atomic E-state index is 0.227. The summed E-state index contributed by atoms with van der Waals surface area (Å²) >= 11 is 0. The molecule has 0 atom stereocenters. The van der Waals surface area contributed by atoms with E-state index in [1.165, 1.54) is 6.07 Å². The van der Waals surface area contributed by atoms with Crippen molar-refractivity contribution in [3.8, 4) is 0 Å². The number of aromatic carboxylic acids is 1. The second kappa shape index (κ2) is 4.69. The zero-order valence-electron chi connectivity index (χ0n) is 12.0. The van der Waals surface area contributed by atoms with Gasteiger partial charge in [-0.15, -0.1) is 5.10 Å². The Labute approximate surface area is 120 Å². The van der Waals surface area contributed by atoms with Gasteiger partial charge in [-0.05, 0) is 32.0 Å². The molecule has 0 fully saturated rings. The number of aromatic nitrogens is 5. The Kier molecular flexibility index (Phi) is 2.97. The average molecular weight is 285 g/mol. The van der Waals surface area contributed by atoms with Gasteiger partial charge < -0.3 is 5.11 Å². The van der Waals surface area contributed by atoms with Gasteiger partial charge in [-0.1, -0.05) is 5.21 Å². The highest BCUT2D eigenvalue weighted by molar-refractivity contribution is 5.92. The molecule has 0 bridgehead atoms. The fourth-order valence-electron chi connectivity index (χ4n) is 2.41. The lowest BCUT2D eigenvalue weighted by molar-refractivity contribution is 0.0697. The molecule has 7 nitrogen and oxygen atoms in total. The van der Waals surface area contributed by atoms with Gasteiger partial charge in [0.1, 0.15) is 5.52 Å². The molecule has 0 aliphatic rings. The smallest absolute Gasteiger partial charge is 0.335 e. The third-order valence-electron chi connectivity index (χ3n) is 3.73. The first-order valence-electron chi connectivity index (χ1n) is 6.53. The number of fused-ring (bicyclic) bond motifs is 1. The van der Waals surface area contributed by atoms with Gasteiger partial charge in [-0.3, -0.25) is 4.68 Å². The largest absolute Gasteiger partial charge is 0.478 e. The number of hydrogen-bond acceptors (Lipinski definition) is 4. The first kappa shape index (κ1) is 13.3. The molecule has 21 heavy (non-hydrogen) atoms. The van der Waals surface area contributed by atoms with E-state index in [9.17, 15) is 4.79 Å². The van der Waals surface area contributed by atoms with Crippen LogP contribution in [0.3, 0.4) is 0 Å². The minimum Gasteiger partial charge on any atom is -0.478 e. The molecule has 0 spiro atoms. The standard InChI is InChI=1S/C14H15N5O2/c1-8-11(9(2)18(3)16-8)7-19-13-6-10(14(20)21)4-5-12(13)15-17-19/h4-6H,7H2,1-3H3,(H,20,21). The van der Waals surface area contributed by atoms with E-state index in [1.54, 1.807) is 16.8 Å². The molecule has 3 aromatic rings. The number of aryl methyl sites for hydroxylation is 2. The number of hydrogen-bond donors (Lipinski definition) is 1. The molecule has 3 rings (SSSR count). The van der Waals surface area contributed by atoms with Crippen LogP contribution in [0.4, 0.5) is 0 Å². The topological polar surface area (TPSA) is 85.8 Å². The molecule has 0 aliphatic carbocycles. The lowest BCUT2D eigenvalue weighted by Gasteiger charge is -2.04. The lowest BCUT2D eigenvalue weighted by Crippen LogP contribution is -2.05. The van der Waals surface area contributed by atoms with Gasteiger partial charge in [-0.25, -0.2) is 9.48 Å². The van der Waals surface area contributed by atoms with E-state index in [1.807, 2.05) is 25.6 Å². The van der Waals surface area contributed by atoms with E-state index >= 15 is 0 Å². The Bertz CT molecular complexity index is 847. The Morgan fingerprint density at radius 2 is 2.10 bits per heavy atom. The molecule has 0 aliphatic heterocycles. The van der Waals surface area contributed by atoms with E-state index in [2.05, 4.69) is 15.4 Å². The van der Waals surface area contributed by atoms with Crippen molar-refractivity contribution in [2.45, 2.75) is 20.4 Å². The summed E-state index contributed by atoms with van der Waals surface area (Å²) < 4.78 is 3.53. The molecule has 108 valence electrons. The van der Waals surface area contributed by atoms with E-state index in [0.717, 1.165) is 17.0 Å². The first-order chi connectivity index (χ1) is 9.97. The summed E-state index contributed by atoms with van der Waals surface area (Å²) in [4.78, 5) is 11.1. The van der Waals surface area contributed by atoms with Crippen molar-refractivity contribution in [3.63, 3.8) is 0 Å². The summed E-state index contributed by atoms with van der Waals surface area (Å²) in [6, 6.07) is 4.80. The van der Waals surface area contributed by atoms with Gasteiger partial charge in [0.15, 0.2) is 0 Å². The second-order valence-electron chi connectivity index (χ2n) is 5.03. The molecule has 0 saturated carbocycles. The molecule has 7 heteroatoms. The quantitative estimate of drug-likeness (QED) is 0.788. The maximum atomic E-state index is 11.1. The van der Waals surface area contributed by atoms with Gasteiger partial charge >= 0.3 is 5.97 Å². The van der Waals surface area contributed by atoms with Gasteiger partial charge in [0, 0.05) is 18.3 Å². The lowest BCUT2D eigenvalue weighted by atomic mass is 10.2. The Balaban J connectivity index is 2.08. The van der Waals surface area contributed by atoms with Gasteiger partial charge in [0.2, 0.25) is 0 Å². The van der Waals surface area contributed by atoms with Crippen molar-refractivity contribution in [1.82, 2.24) is 24.8 Å². The molecule has 0 radical (unpaired) electrons. The number of carbonyl (C=O) groups is 1. The van der Waals surface area contributed by atoms with Crippen LogP contribution in [0.15, 0.2) is 18.2 Å². The maximum Gasteiger partial charge on any atom is 0.335 e. The average Bonchev–Trinajstić information content (AvgIpc) is 2.95. The Morgan fingerprint density at radius 3 is 2.71 bits per heavy atom. The van der Waals surface area contributed by atoms with Crippen molar-refractivity contribution in [1.29, 1.82) is 0 Å². The molecule has 0 saturated heterocycles. The van der Waals surface area contributed by atoms with Gasteiger partial charge in [0.25, 0.3) is 0 Å². The zero-order valence-corrected chi connectivity index (χ0v) is 12.0. The van der Waals surface area contributed by atoms with Crippen molar-refractivity contribution in [3.05, 3.63) is 40.7 Å². The molecule has 0 amide bonds. The highest BCUT2D eigenvalue weighted by Crippen LogP contribution is 2.18. The SMILES string of the molecule is Cc1nn(C)c(C)c1Cn1nnc2ccc(C(=O)O)cc21. The number of carboxylic acid groups (broad SMARTS) is 1. The van der Waals surface area contributed by atoms with Crippen LogP contribution < -0.4 is 0 Å². The zero-order chi connectivity index (χ0) is 15.1. The van der Waals surface area contributed by atoms with Crippen LogP contribution >= 0.6 is 0 Å². The first-order valence-corrected chi connectivity index (χ1v) is 6.53. The molecule has 1 N–H and O–H groups in total. The number of carboxylic acids is 1. The Morgan fingerprint density at radius 1 is 1.33 bits per heavy atom. The van der Waals surface area contributed by atoms with Crippen LogP contribution in [0, 0.1) is 13.8 Å². The minimum atomic E-state index is -0.960. The molecular weight excluding hydrogens is 270 g/mol. The van der Waals surface area contributed by atoms with E-state index in [-0.39, 0.29) is 5.56 Å². The maximum absolute atomic E-state index is 11.1. The predicted molar refractivity (Wildman–Crippen MR) is 76.3 cm³/mol. The van der Waals surface area contributed by atoms with Crippen LogP contribution in [0.25, 0.3) is 11.0 Å². The third-order valence-corrected chi connectivity index (χ3v) is 3.73. The van der Waals surface area contributed by atoms with Crippen molar-refractivity contribution in [2.24, 2.45) is 7.05 Å². The molecule has 0 unspecified atom stereocenters. The summed E-state index contributed by atoms with van der Waals surface area (Å²) in [6.07, 6.45) is 0. The van der Waals surface area contributed by atoms with Crippen molar-refractivity contribution in [2.75, 3.05) is 0 Å². The third kappa shape index (κ3) is 2.16. The number of nitrogens with zero attached hydrogens (tertiary/aromatic N) is 5. The van der Waals surface area contributed by atoms with E-state index in [4.69, 9.17) is 5.11 Å².